The third-order valence-corrected chi connectivity index (χ3v) is 5.42. The van der Waals surface area contributed by atoms with Gasteiger partial charge in [0.2, 0.25) is 5.91 Å². The van der Waals surface area contributed by atoms with Crippen LogP contribution in [0.3, 0.4) is 0 Å². The zero-order valence-corrected chi connectivity index (χ0v) is 17.8. The van der Waals surface area contributed by atoms with Crippen LogP contribution in [-0.2, 0) is 24.4 Å². The summed E-state index contributed by atoms with van der Waals surface area (Å²) in [4.78, 5) is 30.9. The van der Waals surface area contributed by atoms with Crippen LogP contribution in [0.25, 0.3) is 0 Å². The van der Waals surface area contributed by atoms with Gasteiger partial charge in [0, 0.05) is 43.3 Å². The highest BCUT2D eigenvalue weighted by molar-refractivity contribution is 5.91. The number of aromatic nitrogens is 2. The second-order valence-electron chi connectivity index (χ2n) is 7.97. The topological polar surface area (TPSA) is 80.4 Å². The number of hydrogen-bond acceptors (Lipinski definition) is 4. The van der Waals surface area contributed by atoms with E-state index in [1.807, 2.05) is 41.4 Å². The third-order valence-electron chi connectivity index (χ3n) is 5.42. The molecule has 2 amide bonds. The Hall–Kier alpha value is -3.35. The van der Waals surface area contributed by atoms with E-state index >= 15 is 0 Å². The van der Waals surface area contributed by atoms with Crippen molar-refractivity contribution in [2.75, 3.05) is 6.54 Å². The maximum atomic E-state index is 12.6. The van der Waals surface area contributed by atoms with E-state index < -0.39 is 0 Å². The fourth-order valence-corrected chi connectivity index (χ4v) is 3.59. The molecule has 0 atom stereocenters. The van der Waals surface area contributed by atoms with Crippen molar-refractivity contribution >= 4 is 11.8 Å². The molecule has 0 unspecified atom stereocenters. The van der Waals surface area contributed by atoms with Gasteiger partial charge >= 0.3 is 0 Å². The number of carbonyl (C=O) groups excluding carboxylic acids is 2. The van der Waals surface area contributed by atoms with Gasteiger partial charge < -0.3 is 19.2 Å². The molecule has 0 spiro atoms. The summed E-state index contributed by atoms with van der Waals surface area (Å²) in [5.74, 6) is 1.21. The molecule has 3 heterocycles. The second-order valence-corrected chi connectivity index (χ2v) is 7.97. The van der Waals surface area contributed by atoms with Crippen molar-refractivity contribution in [2.24, 2.45) is 5.92 Å². The minimum absolute atomic E-state index is 0.216. The van der Waals surface area contributed by atoms with E-state index in [-0.39, 0.29) is 23.5 Å². The van der Waals surface area contributed by atoms with Crippen molar-refractivity contribution in [3.63, 3.8) is 0 Å². The molecule has 1 aliphatic carbocycles. The number of amides is 2. The van der Waals surface area contributed by atoms with Gasteiger partial charge in [0.1, 0.15) is 5.76 Å². The van der Waals surface area contributed by atoms with Gasteiger partial charge in [-0.15, -0.1) is 0 Å². The maximum Gasteiger partial charge on any atom is 0.287 e. The first kappa shape index (κ1) is 20.9. The first-order chi connectivity index (χ1) is 15.1. The Kier molecular flexibility index (Phi) is 6.50. The van der Waals surface area contributed by atoms with Crippen LogP contribution >= 0.6 is 0 Å². The Bertz CT molecular complexity index is 1020. The summed E-state index contributed by atoms with van der Waals surface area (Å²) < 4.78 is 7.85. The van der Waals surface area contributed by atoms with Crippen LogP contribution in [0.2, 0.25) is 0 Å². The summed E-state index contributed by atoms with van der Waals surface area (Å²) in [5.41, 5.74) is 2.03. The van der Waals surface area contributed by atoms with Gasteiger partial charge in [0.15, 0.2) is 5.76 Å². The highest BCUT2D eigenvalue weighted by atomic mass is 16.4. The van der Waals surface area contributed by atoms with Gasteiger partial charge in [0.05, 0.1) is 13.1 Å². The van der Waals surface area contributed by atoms with Gasteiger partial charge in [-0.3, -0.25) is 14.6 Å². The normalized spacial score (nSPS) is 13.2. The molecule has 1 fully saturated rings. The number of nitrogens with zero attached hydrogens (tertiary/aromatic N) is 3. The van der Waals surface area contributed by atoms with Crippen molar-refractivity contribution in [1.82, 2.24) is 19.8 Å². The molecule has 1 saturated carbocycles. The highest BCUT2D eigenvalue weighted by Crippen LogP contribution is 2.31. The van der Waals surface area contributed by atoms with Crippen molar-refractivity contribution in [3.05, 3.63) is 77.8 Å². The van der Waals surface area contributed by atoms with E-state index in [4.69, 9.17) is 4.42 Å². The summed E-state index contributed by atoms with van der Waals surface area (Å²) in [6, 6.07) is 11.2. The van der Waals surface area contributed by atoms with Crippen molar-refractivity contribution < 1.29 is 14.0 Å². The van der Waals surface area contributed by atoms with Crippen LogP contribution in [0, 0.1) is 5.92 Å². The molecule has 0 aliphatic heterocycles. The molecule has 0 bridgehead atoms. The molecule has 1 N–H and O–H groups in total. The number of hydrogen-bond donors (Lipinski definition) is 1. The van der Waals surface area contributed by atoms with E-state index in [9.17, 15) is 9.59 Å². The summed E-state index contributed by atoms with van der Waals surface area (Å²) >= 11 is 0. The number of rotatable bonds is 10. The average Bonchev–Trinajstić information content (AvgIpc) is 3.39. The van der Waals surface area contributed by atoms with Crippen molar-refractivity contribution in [1.29, 1.82) is 0 Å². The second kappa shape index (κ2) is 9.64. The molecule has 7 nitrogen and oxygen atoms in total. The lowest BCUT2D eigenvalue weighted by Crippen LogP contribution is -2.33. The van der Waals surface area contributed by atoms with E-state index in [1.165, 1.54) is 0 Å². The van der Waals surface area contributed by atoms with Crippen LogP contribution in [0.15, 0.2) is 59.4 Å². The summed E-state index contributed by atoms with van der Waals surface area (Å²) in [6.07, 6.45) is 8.33. The van der Waals surface area contributed by atoms with E-state index in [1.54, 1.807) is 18.5 Å². The average molecular weight is 421 g/mol. The van der Waals surface area contributed by atoms with Crippen LogP contribution < -0.4 is 5.32 Å². The van der Waals surface area contributed by atoms with Crippen LogP contribution in [0.1, 0.15) is 53.8 Å². The first-order valence-electron chi connectivity index (χ1n) is 10.8. The maximum absolute atomic E-state index is 12.6. The lowest BCUT2D eigenvalue weighted by Gasteiger charge is -2.23. The monoisotopic (exact) mass is 420 g/mol. The molecule has 4 rings (SSSR count). The minimum atomic E-state index is -0.250. The molecule has 162 valence electrons. The van der Waals surface area contributed by atoms with Gasteiger partial charge in [-0.1, -0.05) is 6.92 Å². The number of nitrogens with one attached hydrogen (secondary N) is 1. The summed E-state index contributed by atoms with van der Waals surface area (Å²) in [7, 11) is 0. The van der Waals surface area contributed by atoms with Crippen LogP contribution in [-0.4, -0.2) is 32.8 Å². The fourth-order valence-electron chi connectivity index (χ4n) is 3.59. The number of pyridine rings is 1. The Morgan fingerprint density at radius 3 is 2.74 bits per heavy atom. The van der Waals surface area contributed by atoms with E-state index in [2.05, 4.69) is 21.8 Å². The Labute approximate surface area is 182 Å². The quantitative estimate of drug-likeness (QED) is 0.543. The van der Waals surface area contributed by atoms with E-state index in [0.717, 1.165) is 37.1 Å². The number of carbonyl (C=O) groups is 2. The lowest BCUT2D eigenvalue weighted by atomic mass is 10.2. The Balaban J connectivity index is 1.37. The van der Waals surface area contributed by atoms with Crippen molar-refractivity contribution in [2.45, 2.75) is 45.8 Å². The molecule has 7 heteroatoms. The number of furan rings is 1. The van der Waals surface area contributed by atoms with Crippen molar-refractivity contribution in [3.8, 4) is 0 Å². The minimum Gasteiger partial charge on any atom is -0.454 e. The summed E-state index contributed by atoms with van der Waals surface area (Å²) in [5, 5.41) is 2.86. The molecule has 0 radical (unpaired) electrons. The predicted molar refractivity (Wildman–Crippen MR) is 116 cm³/mol. The lowest BCUT2D eigenvalue weighted by molar-refractivity contribution is -0.133. The molecule has 1 aliphatic rings. The fraction of sp³-hybridized carbons (Fsp3) is 0.375. The zero-order valence-electron chi connectivity index (χ0n) is 17.8. The van der Waals surface area contributed by atoms with Gasteiger partial charge in [0.25, 0.3) is 5.91 Å². The first-order valence-corrected chi connectivity index (χ1v) is 10.8. The van der Waals surface area contributed by atoms with Gasteiger partial charge in [-0.25, -0.2) is 0 Å². The molecule has 3 aromatic rings. The predicted octanol–water partition coefficient (Wildman–Crippen LogP) is 3.60. The summed E-state index contributed by atoms with van der Waals surface area (Å²) in [6.45, 7) is 4.38. The molecule has 3 aromatic heterocycles. The smallest absolute Gasteiger partial charge is 0.287 e. The van der Waals surface area contributed by atoms with Crippen LogP contribution in [0.4, 0.5) is 0 Å². The molecule has 31 heavy (non-hydrogen) atoms. The SMILES string of the molecule is CCCN(Cc1cccn1Cc1ccc(C(=O)NCc2ccncc2)o1)C(=O)C1CC1. The Morgan fingerprint density at radius 2 is 2.00 bits per heavy atom. The highest BCUT2D eigenvalue weighted by Gasteiger charge is 2.33. The molecular weight excluding hydrogens is 392 g/mol. The van der Waals surface area contributed by atoms with E-state index in [0.29, 0.717) is 25.4 Å². The van der Waals surface area contributed by atoms with Gasteiger partial charge in [-0.05, 0) is 61.2 Å². The largest absolute Gasteiger partial charge is 0.454 e. The molecular formula is C24H28N4O3. The Morgan fingerprint density at radius 1 is 1.19 bits per heavy atom. The van der Waals surface area contributed by atoms with Crippen LogP contribution in [0.5, 0.6) is 0 Å². The third kappa shape index (κ3) is 5.42. The molecule has 0 aromatic carbocycles. The van der Waals surface area contributed by atoms with Gasteiger partial charge in [-0.2, -0.15) is 0 Å². The molecule has 0 saturated heterocycles. The standard InChI is InChI=1S/C24H28N4O3/c1-2-13-28(24(30)19-5-6-19)16-20-4-3-14-27(20)17-21-7-8-22(31-21)23(29)26-15-18-9-11-25-12-10-18/h3-4,7-12,14,19H,2,5-6,13,15-17H2,1H3,(H,26,29). The zero-order chi connectivity index (χ0) is 21.6.